The van der Waals surface area contributed by atoms with Gasteiger partial charge in [-0.05, 0) is 35.7 Å². The zero-order chi connectivity index (χ0) is 18.6. The second-order valence-electron chi connectivity index (χ2n) is 5.67. The zero-order valence-electron chi connectivity index (χ0n) is 13.8. The Morgan fingerprint density at radius 3 is 2.65 bits per heavy atom. The summed E-state index contributed by atoms with van der Waals surface area (Å²) in [7, 11) is 0. The fraction of sp³-hybridized carbons (Fsp3) is 0.278. The van der Waals surface area contributed by atoms with Crippen LogP contribution in [-0.4, -0.2) is 32.2 Å². The van der Waals surface area contributed by atoms with E-state index in [1.807, 2.05) is 22.4 Å². The Balaban J connectivity index is 1.80. The Bertz CT molecular complexity index is 782. The van der Waals surface area contributed by atoms with Crippen molar-refractivity contribution in [2.75, 3.05) is 36.5 Å². The third-order valence-electron chi connectivity index (χ3n) is 3.88. The number of morpholine rings is 1. The molecule has 0 aliphatic carbocycles. The van der Waals surface area contributed by atoms with Crippen LogP contribution in [-0.2, 0) is 15.7 Å². The number of alkyl halides is 3. The van der Waals surface area contributed by atoms with Crippen LogP contribution in [0.3, 0.4) is 0 Å². The quantitative estimate of drug-likeness (QED) is 0.804. The minimum Gasteiger partial charge on any atom is -0.378 e. The summed E-state index contributed by atoms with van der Waals surface area (Å²) >= 11 is 1.43. The Kier molecular flexibility index (Phi) is 5.63. The van der Waals surface area contributed by atoms with Crippen LogP contribution in [0, 0.1) is 0 Å². The number of ether oxygens (including phenoxy) is 1. The first kappa shape index (κ1) is 18.5. The highest BCUT2D eigenvalue weighted by atomic mass is 32.1. The molecule has 1 aliphatic rings. The van der Waals surface area contributed by atoms with Crippen LogP contribution in [0.25, 0.3) is 6.08 Å². The number of nitrogens with one attached hydrogen (secondary N) is 1. The van der Waals surface area contributed by atoms with Gasteiger partial charge in [0.25, 0.3) is 0 Å². The third-order valence-corrected chi connectivity index (χ3v) is 4.72. The molecule has 1 fully saturated rings. The fourth-order valence-electron chi connectivity index (χ4n) is 2.61. The molecule has 3 rings (SSSR count). The van der Waals surface area contributed by atoms with E-state index >= 15 is 0 Å². The lowest BCUT2D eigenvalue weighted by atomic mass is 10.1. The van der Waals surface area contributed by atoms with Gasteiger partial charge in [-0.3, -0.25) is 4.79 Å². The summed E-state index contributed by atoms with van der Waals surface area (Å²) in [5, 5.41) is 4.18. The standard InChI is InChI=1S/C18H17F3N2O2S/c19-18(20,21)15-12-13(23-7-9-25-10-8-23)3-5-16(15)22-17(24)6-4-14-2-1-11-26-14/h1-6,11-12H,7-10H2,(H,22,24)/b6-4+. The maximum Gasteiger partial charge on any atom is 0.418 e. The summed E-state index contributed by atoms with van der Waals surface area (Å²) < 4.78 is 45.6. The van der Waals surface area contributed by atoms with E-state index in [4.69, 9.17) is 4.74 Å². The van der Waals surface area contributed by atoms with Crippen molar-refractivity contribution in [2.24, 2.45) is 0 Å². The number of anilines is 2. The van der Waals surface area contributed by atoms with Crippen LogP contribution in [0.2, 0.25) is 0 Å². The second kappa shape index (κ2) is 7.92. The number of carbonyl (C=O) groups is 1. The Labute approximate surface area is 152 Å². The first-order valence-electron chi connectivity index (χ1n) is 8.00. The number of amides is 1. The molecule has 1 aromatic carbocycles. The fourth-order valence-corrected chi connectivity index (χ4v) is 3.23. The molecule has 0 spiro atoms. The number of hydrogen-bond acceptors (Lipinski definition) is 4. The summed E-state index contributed by atoms with van der Waals surface area (Å²) in [6.07, 6.45) is -1.78. The monoisotopic (exact) mass is 382 g/mol. The van der Waals surface area contributed by atoms with Gasteiger partial charge in [-0.25, -0.2) is 0 Å². The number of benzene rings is 1. The lowest BCUT2D eigenvalue weighted by Gasteiger charge is -2.29. The number of rotatable bonds is 4. The van der Waals surface area contributed by atoms with E-state index in [2.05, 4.69) is 5.32 Å². The van der Waals surface area contributed by atoms with Crippen LogP contribution >= 0.6 is 11.3 Å². The van der Waals surface area contributed by atoms with Gasteiger partial charge in [0.1, 0.15) is 0 Å². The van der Waals surface area contributed by atoms with E-state index in [1.165, 1.54) is 23.5 Å². The molecule has 8 heteroatoms. The number of hydrogen-bond donors (Lipinski definition) is 1. The number of halogens is 3. The van der Waals surface area contributed by atoms with E-state index in [1.54, 1.807) is 12.1 Å². The van der Waals surface area contributed by atoms with Gasteiger partial charge in [0.05, 0.1) is 24.5 Å². The lowest BCUT2D eigenvalue weighted by Crippen LogP contribution is -2.36. The highest BCUT2D eigenvalue weighted by Gasteiger charge is 2.34. The first-order valence-corrected chi connectivity index (χ1v) is 8.88. The van der Waals surface area contributed by atoms with Crippen molar-refractivity contribution in [3.8, 4) is 0 Å². The van der Waals surface area contributed by atoms with Gasteiger partial charge in [-0.15, -0.1) is 11.3 Å². The Morgan fingerprint density at radius 1 is 1.23 bits per heavy atom. The number of thiophene rings is 1. The molecule has 0 atom stereocenters. The van der Waals surface area contributed by atoms with E-state index < -0.39 is 17.6 Å². The maximum atomic E-state index is 13.4. The van der Waals surface area contributed by atoms with E-state index in [9.17, 15) is 18.0 Å². The number of nitrogens with zero attached hydrogens (tertiary/aromatic N) is 1. The molecule has 1 amide bonds. The summed E-state index contributed by atoms with van der Waals surface area (Å²) in [4.78, 5) is 14.7. The summed E-state index contributed by atoms with van der Waals surface area (Å²) in [5.41, 5.74) is -0.651. The second-order valence-corrected chi connectivity index (χ2v) is 6.64. The topological polar surface area (TPSA) is 41.6 Å². The van der Waals surface area contributed by atoms with Crippen molar-refractivity contribution < 1.29 is 22.7 Å². The van der Waals surface area contributed by atoms with Gasteiger partial charge >= 0.3 is 6.18 Å². The smallest absolute Gasteiger partial charge is 0.378 e. The molecular formula is C18H17F3N2O2S. The summed E-state index contributed by atoms with van der Waals surface area (Å²) in [5.74, 6) is -0.608. The molecule has 138 valence electrons. The molecule has 26 heavy (non-hydrogen) atoms. The molecule has 0 radical (unpaired) electrons. The molecule has 0 saturated carbocycles. The maximum absolute atomic E-state index is 13.4. The SMILES string of the molecule is O=C(/C=C/c1cccs1)Nc1ccc(N2CCOCC2)cc1C(F)(F)F. The highest BCUT2D eigenvalue weighted by molar-refractivity contribution is 7.10. The molecule has 1 N–H and O–H groups in total. The van der Waals surface area contributed by atoms with Crippen molar-refractivity contribution in [1.29, 1.82) is 0 Å². The minimum absolute atomic E-state index is 0.254. The van der Waals surface area contributed by atoms with Crippen LogP contribution in [0.1, 0.15) is 10.4 Å². The van der Waals surface area contributed by atoms with Crippen molar-refractivity contribution in [3.05, 3.63) is 52.2 Å². The average Bonchev–Trinajstić information content (AvgIpc) is 3.14. The normalized spacial score (nSPS) is 15.4. The Morgan fingerprint density at radius 2 is 2.00 bits per heavy atom. The van der Waals surface area contributed by atoms with Crippen molar-refractivity contribution >= 4 is 34.7 Å². The van der Waals surface area contributed by atoms with Gasteiger partial charge in [0.2, 0.25) is 5.91 Å². The first-order chi connectivity index (χ1) is 12.4. The number of carbonyl (C=O) groups excluding carboxylic acids is 1. The molecule has 0 bridgehead atoms. The molecule has 1 aliphatic heterocycles. The van der Waals surface area contributed by atoms with Crippen LogP contribution < -0.4 is 10.2 Å². The van der Waals surface area contributed by atoms with Gasteiger partial charge < -0.3 is 15.0 Å². The van der Waals surface area contributed by atoms with E-state index in [0.717, 1.165) is 10.9 Å². The summed E-state index contributed by atoms with van der Waals surface area (Å²) in [6, 6.07) is 7.59. The predicted octanol–water partition coefficient (Wildman–Crippen LogP) is 4.26. The van der Waals surface area contributed by atoms with Gasteiger partial charge in [-0.2, -0.15) is 13.2 Å². The highest BCUT2D eigenvalue weighted by Crippen LogP contribution is 2.37. The lowest BCUT2D eigenvalue weighted by molar-refractivity contribution is -0.136. The Hall–Kier alpha value is -2.32. The van der Waals surface area contributed by atoms with Gasteiger partial charge in [0.15, 0.2) is 0 Å². The molecule has 0 unspecified atom stereocenters. The van der Waals surface area contributed by atoms with E-state index in [-0.39, 0.29) is 5.69 Å². The molecule has 4 nitrogen and oxygen atoms in total. The van der Waals surface area contributed by atoms with Gasteiger partial charge in [-0.1, -0.05) is 6.07 Å². The molecule has 1 aromatic heterocycles. The van der Waals surface area contributed by atoms with Crippen LogP contribution in [0.5, 0.6) is 0 Å². The van der Waals surface area contributed by atoms with Crippen molar-refractivity contribution in [3.63, 3.8) is 0 Å². The average molecular weight is 382 g/mol. The van der Waals surface area contributed by atoms with Crippen molar-refractivity contribution in [1.82, 2.24) is 0 Å². The minimum atomic E-state index is -4.57. The van der Waals surface area contributed by atoms with E-state index in [0.29, 0.717) is 32.0 Å². The molecular weight excluding hydrogens is 365 g/mol. The van der Waals surface area contributed by atoms with Crippen LogP contribution in [0.15, 0.2) is 41.8 Å². The molecule has 2 heterocycles. The molecule has 2 aromatic rings. The predicted molar refractivity (Wildman–Crippen MR) is 96.5 cm³/mol. The van der Waals surface area contributed by atoms with Crippen LogP contribution in [0.4, 0.5) is 24.5 Å². The largest absolute Gasteiger partial charge is 0.418 e. The van der Waals surface area contributed by atoms with Gasteiger partial charge in [0, 0.05) is 29.7 Å². The zero-order valence-corrected chi connectivity index (χ0v) is 14.6. The summed E-state index contributed by atoms with van der Waals surface area (Å²) in [6.45, 7) is 2.03. The third kappa shape index (κ3) is 4.64. The molecule has 1 saturated heterocycles. The van der Waals surface area contributed by atoms with Crippen molar-refractivity contribution in [2.45, 2.75) is 6.18 Å².